The fourth-order valence-corrected chi connectivity index (χ4v) is 2.18. The summed E-state index contributed by atoms with van der Waals surface area (Å²) in [5.74, 6) is 0.951. The SMILES string of the molecule is CN1C[C@H]2CC2(CN)C1. The zero-order valence-corrected chi connectivity index (χ0v) is 5.93. The maximum atomic E-state index is 5.65. The predicted octanol–water partition coefficient (Wildman–Crippen LogP) is -0.103. The lowest BCUT2D eigenvalue weighted by molar-refractivity contribution is 0.339. The smallest absolute Gasteiger partial charge is 0.00504 e. The lowest BCUT2D eigenvalue weighted by Crippen LogP contribution is -2.25. The minimum atomic E-state index is 0.578. The van der Waals surface area contributed by atoms with Crippen molar-refractivity contribution in [3.8, 4) is 0 Å². The molecule has 2 rings (SSSR count). The van der Waals surface area contributed by atoms with Crippen molar-refractivity contribution in [2.24, 2.45) is 17.1 Å². The minimum Gasteiger partial charge on any atom is -0.330 e. The predicted molar refractivity (Wildman–Crippen MR) is 37.1 cm³/mol. The van der Waals surface area contributed by atoms with Crippen LogP contribution in [-0.4, -0.2) is 31.6 Å². The van der Waals surface area contributed by atoms with Crippen LogP contribution in [0.3, 0.4) is 0 Å². The lowest BCUT2D eigenvalue weighted by atomic mass is 10.1. The number of piperidine rings is 1. The van der Waals surface area contributed by atoms with Gasteiger partial charge in [0, 0.05) is 13.1 Å². The van der Waals surface area contributed by atoms with Crippen molar-refractivity contribution < 1.29 is 0 Å². The Labute approximate surface area is 56.0 Å². The Hall–Kier alpha value is -0.0800. The lowest BCUT2D eigenvalue weighted by Gasteiger charge is -2.13. The molecule has 2 heteroatoms. The summed E-state index contributed by atoms with van der Waals surface area (Å²) in [7, 11) is 2.18. The van der Waals surface area contributed by atoms with Crippen LogP contribution >= 0.6 is 0 Å². The molecule has 0 spiro atoms. The van der Waals surface area contributed by atoms with Crippen LogP contribution in [0.4, 0.5) is 0 Å². The fourth-order valence-electron chi connectivity index (χ4n) is 2.18. The van der Waals surface area contributed by atoms with Gasteiger partial charge in [-0.3, -0.25) is 0 Å². The summed E-state index contributed by atoms with van der Waals surface area (Å²) in [5.41, 5.74) is 6.22. The molecule has 0 aromatic carbocycles. The zero-order valence-electron chi connectivity index (χ0n) is 5.93. The Balaban J connectivity index is 2.05. The minimum absolute atomic E-state index is 0.578. The van der Waals surface area contributed by atoms with Gasteiger partial charge >= 0.3 is 0 Å². The summed E-state index contributed by atoms with van der Waals surface area (Å²) in [4.78, 5) is 2.39. The van der Waals surface area contributed by atoms with Gasteiger partial charge in [-0.15, -0.1) is 0 Å². The van der Waals surface area contributed by atoms with Gasteiger partial charge in [-0.2, -0.15) is 0 Å². The average molecular weight is 126 g/mol. The molecule has 1 saturated heterocycles. The number of likely N-dealkylation sites (tertiary alicyclic amines) is 1. The second-order valence-electron chi connectivity index (χ2n) is 3.66. The van der Waals surface area contributed by atoms with E-state index in [1.807, 2.05) is 0 Å². The van der Waals surface area contributed by atoms with Gasteiger partial charge in [0.1, 0.15) is 0 Å². The molecule has 0 bridgehead atoms. The molecule has 0 amide bonds. The molecule has 2 fully saturated rings. The van der Waals surface area contributed by atoms with Crippen molar-refractivity contribution in [1.82, 2.24) is 4.90 Å². The van der Waals surface area contributed by atoms with Crippen molar-refractivity contribution in [2.45, 2.75) is 6.42 Å². The molecule has 2 N–H and O–H groups in total. The molecule has 1 saturated carbocycles. The number of hydrogen-bond donors (Lipinski definition) is 1. The van der Waals surface area contributed by atoms with Gasteiger partial charge in [-0.1, -0.05) is 0 Å². The highest BCUT2D eigenvalue weighted by Crippen LogP contribution is 2.56. The summed E-state index contributed by atoms with van der Waals surface area (Å²) < 4.78 is 0. The van der Waals surface area contributed by atoms with Crippen LogP contribution in [0.15, 0.2) is 0 Å². The first-order valence-corrected chi connectivity index (χ1v) is 3.65. The third kappa shape index (κ3) is 0.634. The highest BCUT2D eigenvalue weighted by molar-refractivity contribution is 5.10. The van der Waals surface area contributed by atoms with Crippen molar-refractivity contribution in [2.75, 3.05) is 26.7 Å². The zero-order chi connectivity index (χ0) is 6.48. The molecule has 0 aromatic heterocycles. The summed E-state index contributed by atoms with van der Waals surface area (Å²) in [6, 6.07) is 0. The molecule has 0 aromatic rings. The van der Waals surface area contributed by atoms with Crippen LogP contribution in [0, 0.1) is 11.3 Å². The van der Waals surface area contributed by atoms with Crippen LogP contribution in [0.2, 0.25) is 0 Å². The topological polar surface area (TPSA) is 29.3 Å². The quantitative estimate of drug-likeness (QED) is 0.531. The molecule has 1 aliphatic carbocycles. The van der Waals surface area contributed by atoms with Crippen molar-refractivity contribution in [3.63, 3.8) is 0 Å². The van der Waals surface area contributed by atoms with Crippen molar-refractivity contribution >= 4 is 0 Å². The third-order valence-corrected chi connectivity index (χ3v) is 2.88. The van der Waals surface area contributed by atoms with E-state index in [2.05, 4.69) is 11.9 Å². The van der Waals surface area contributed by atoms with E-state index < -0.39 is 0 Å². The standard InChI is InChI=1S/C7H14N2/c1-9-3-6-2-7(6,4-8)5-9/h6H,2-5,8H2,1H3/t6-,7?/m1/s1. The number of rotatable bonds is 1. The van der Waals surface area contributed by atoms with Crippen molar-refractivity contribution in [1.29, 1.82) is 0 Å². The van der Waals surface area contributed by atoms with Gasteiger partial charge in [0.05, 0.1) is 0 Å². The van der Waals surface area contributed by atoms with Crippen molar-refractivity contribution in [3.05, 3.63) is 0 Å². The van der Waals surface area contributed by atoms with E-state index in [1.54, 1.807) is 0 Å². The number of nitrogens with zero attached hydrogens (tertiary/aromatic N) is 1. The maximum absolute atomic E-state index is 5.65. The van der Waals surface area contributed by atoms with Crippen LogP contribution in [0.5, 0.6) is 0 Å². The Morgan fingerprint density at radius 3 is 2.89 bits per heavy atom. The fraction of sp³-hybridized carbons (Fsp3) is 1.00. The molecule has 52 valence electrons. The van der Waals surface area contributed by atoms with E-state index in [1.165, 1.54) is 19.5 Å². The Bertz CT molecular complexity index is 131. The van der Waals surface area contributed by atoms with Crippen LogP contribution in [0.25, 0.3) is 0 Å². The summed E-state index contributed by atoms with van der Waals surface area (Å²) in [6.45, 7) is 3.44. The van der Waals surface area contributed by atoms with Gasteiger partial charge in [0.25, 0.3) is 0 Å². The first-order valence-electron chi connectivity index (χ1n) is 3.65. The van der Waals surface area contributed by atoms with Gasteiger partial charge in [0.15, 0.2) is 0 Å². The monoisotopic (exact) mass is 126 g/mol. The molecule has 1 unspecified atom stereocenters. The molecular weight excluding hydrogens is 112 g/mol. The second-order valence-corrected chi connectivity index (χ2v) is 3.66. The molecule has 2 atom stereocenters. The van der Waals surface area contributed by atoms with Crippen LogP contribution in [-0.2, 0) is 0 Å². The van der Waals surface area contributed by atoms with E-state index in [0.717, 1.165) is 12.5 Å². The second kappa shape index (κ2) is 1.50. The van der Waals surface area contributed by atoms with E-state index in [-0.39, 0.29) is 0 Å². The molecule has 0 radical (unpaired) electrons. The molecule has 2 aliphatic rings. The van der Waals surface area contributed by atoms with Gasteiger partial charge in [0.2, 0.25) is 0 Å². The summed E-state index contributed by atoms with van der Waals surface area (Å²) in [5, 5.41) is 0. The Kier molecular flexibility index (Phi) is 0.945. The maximum Gasteiger partial charge on any atom is 0.00504 e. The first-order chi connectivity index (χ1) is 4.27. The third-order valence-electron chi connectivity index (χ3n) is 2.88. The van der Waals surface area contributed by atoms with Crippen LogP contribution in [0.1, 0.15) is 6.42 Å². The van der Waals surface area contributed by atoms with Gasteiger partial charge in [-0.25, -0.2) is 0 Å². The highest BCUT2D eigenvalue weighted by atomic mass is 15.2. The molecular formula is C7H14N2. The largest absolute Gasteiger partial charge is 0.330 e. The number of nitrogens with two attached hydrogens (primary N) is 1. The summed E-state index contributed by atoms with van der Waals surface area (Å²) in [6.07, 6.45) is 1.40. The first kappa shape index (κ1) is 5.69. The molecule has 9 heavy (non-hydrogen) atoms. The highest BCUT2D eigenvalue weighted by Gasteiger charge is 2.57. The van der Waals surface area contributed by atoms with Gasteiger partial charge in [-0.05, 0) is 31.3 Å². The van der Waals surface area contributed by atoms with E-state index >= 15 is 0 Å². The van der Waals surface area contributed by atoms with E-state index in [0.29, 0.717) is 5.41 Å². The van der Waals surface area contributed by atoms with Gasteiger partial charge < -0.3 is 10.6 Å². The Morgan fingerprint density at radius 2 is 2.56 bits per heavy atom. The Morgan fingerprint density at radius 1 is 1.78 bits per heavy atom. The van der Waals surface area contributed by atoms with E-state index in [9.17, 15) is 0 Å². The van der Waals surface area contributed by atoms with E-state index in [4.69, 9.17) is 5.73 Å². The number of fused-ring (bicyclic) bond motifs is 1. The van der Waals surface area contributed by atoms with Crippen LogP contribution < -0.4 is 5.73 Å². The molecule has 1 aliphatic heterocycles. The average Bonchev–Trinajstić information content (AvgIpc) is 2.38. The summed E-state index contributed by atoms with van der Waals surface area (Å²) >= 11 is 0. The normalized spacial score (nSPS) is 49.3. The molecule has 2 nitrogen and oxygen atoms in total. The number of hydrogen-bond acceptors (Lipinski definition) is 2. The molecule has 1 heterocycles.